The molecule has 2 aliphatic rings. The SMILES string of the molecule is c1ccc(C2CC2N2CCCCC2)cc1. The molecule has 2 fully saturated rings. The standard InChI is InChI=1S/C14H19N/c1-3-7-12(8-4-1)13-11-14(13)15-9-5-2-6-10-15/h1,3-4,7-8,13-14H,2,5-6,9-11H2. The van der Waals surface area contributed by atoms with Crippen LogP contribution in [-0.2, 0) is 0 Å². The summed E-state index contributed by atoms with van der Waals surface area (Å²) >= 11 is 0. The minimum absolute atomic E-state index is 0.837. The van der Waals surface area contributed by atoms with E-state index >= 15 is 0 Å². The zero-order chi connectivity index (χ0) is 10.1. The number of hydrogen-bond acceptors (Lipinski definition) is 1. The lowest BCUT2D eigenvalue weighted by Gasteiger charge is -2.26. The van der Waals surface area contributed by atoms with Crippen LogP contribution in [0.2, 0.25) is 0 Å². The normalized spacial score (nSPS) is 31.5. The van der Waals surface area contributed by atoms with E-state index < -0.39 is 0 Å². The van der Waals surface area contributed by atoms with Gasteiger partial charge in [-0.25, -0.2) is 0 Å². The quantitative estimate of drug-likeness (QED) is 0.711. The van der Waals surface area contributed by atoms with Crippen LogP contribution in [0, 0.1) is 0 Å². The summed E-state index contributed by atoms with van der Waals surface area (Å²) in [6, 6.07) is 11.9. The molecule has 1 aromatic carbocycles. The predicted octanol–water partition coefficient (Wildman–Crippen LogP) is 3.03. The zero-order valence-electron chi connectivity index (χ0n) is 9.23. The first kappa shape index (κ1) is 9.41. The molecule has 0 spiro atoms. The van der Waals surface area contributed by atoms with Crippen LogP contribution in [0.1, 0.15) is 37.2 Å². The molecular weight excluding hydrogens is 182 g/mol. The van der Waals surface area contributed by atoms with Crippen LogP contribution in [0.5, 0.6) is 0 Å². The molecule has 0 amide bonds. The minimum atomic E-state index is 0.837. The Morgan fingerprint density at radius 1 is 0.933 bits per heavy atom. The molecule has 1 heteroatoms. The van der Waals surface area contributed by atoms with Crippen molar-refractivity contribution in [3.05, 3.63) is 35.9 Å². The van der Waals surface area contributed by atoms with Crippen LogP contribution in [-0.4, -0.2) is 24.0 Å². The molecule has 3 rings (SSSR count). The predicted molar refractivity (Wildman–Crippen MR) is 63.0 cm³/mol. The van der Waals surface area contributed by atoms with E-state index in [2.05, 4.69) is 35.2 Å². The van der Waals surface area contributed by atoms with Crippen molar-refractivity contribution in [3.8, 4) is 0 Å². The second-order valence-corrected chi connectivity index (χ2v) is 4.92. The van der Waals surface area contributed by atoms with E-state index in [-0.39, 0.29) is 0 Å². The summed E-state index contributed by atoms with van der Waals surface area (Å²) in [6.07, 6.45) is 5.67. The van der Waals surface area contributed by atoms with Gasteiger partial charge in [0.2, 0.25) is 0 Å². The topological polar surface area (TPSA) is 3.24 Å². The molecule has 1 heterocycles. The monoisotopic (exact) mass is 201 g/mol. The fourth-order valence-electron chi connectivity index (χ4n) is 2.89. The summed E-state index contributed by atoms with van der Waals surface area (Å²) in [6.45, 7) is 2.68. The highest BCUT2D eigenvalue weighted by Crippen LogP contribution is 2.45. The number of hydrogen-bond donors (Lipinski definition) is 0. The van der Waals surface area contributed by atoms with Crippen LogP contribution in [0.3, 0.4) is 0 Å². The Kier molecular flexibility index (Phi) is 2.49. The van der Waals surface area contributed by atoms with Gasteiger partial charge in [-0.05, 0) is 37.9 Å². The third kappa shape index (κ3) is 1.93. The van der Waals surface area contributed by atoms with Crippen LogP contribution in [0.4, 0.5) is 0 Å². The smallest absolute Gasteiger partial charge is 0.0171 e. The summed E-state index contributed by atoms with van der Waals surface area (Å²) in [5, 5.41) is 0. The molecule has 80 valence electrons. The molecule has 1 aliphatic heterocycles. The van der Waals surface area contributed by atoms with Gasteiger partial charge in [-0.2, -0.15) is 0 Å². The first-order chi connectivity index (χ1) is 7.45. The van der Waals surface area contributed by atoms with Gasteiger partial charge < -0.3 is 0 Å². The minimum Gasteiger partial charge on any atom is -0.300 e. The molecule has 1 saturated heterocycles. The Bertz CT molecular complexity index is 313. The third-order valence-corrected chi connectivity index (χ3v) is 3.84. The van der Waals surface area contributed by atoms with Gasteiger partial charge in [0, 0.05) is 12.0 Å². The first-order valence-electron chi connectivity index (χ1n) is 6.24. The van der Waals surface area contributed by atoms with Crippen molar-refractivity contribution in [2.75, 3.05) is 13.1 Å². The van der Waals surface area contributed by atoms with E-state index in [0.29, 0.717) is 0 Å². The van der Waals surface area contributed by atoms with E-state index in [4.69, 9.17) is 0 Å². The van der Waals surface area contributed by atoms with E-state index in [1.54, 1.807) is 5.56 Å². The Hall–Kier alpha value is -0.820. The van der Waals surface area contributed by atoms with Gasteiger partial charge in [0.1, 0.15) is 0 Å². The molecule has 1 aliphatic carbocycles. The van der Waals surface area contributed by atoms with Crippen molar-refractivity contribution in [1.82, 2.24) is 4.90 Å². The molecule has 1 nitrogen and oxygen atoms in total. The van der Waals surface area contributed by atoms with Gasteiger partial charge in [-0.15, -0.1) is 0 Å². The van der Waals surface area contributed by atoms with Crippen molar-refractivity contribution in [1.29, 1.82) is 0 Å². The fourth-order valence-corrected chi connectivity index (χ4v) is 2.89. The second-order valence-electron chi connectivity index (χ2n) is 4.92. The Balaban J connectivity index is 1.64. The number of rotatable bonds is 2. The van der Waals surface area contributed by atoms with Crippen molar-refractivity contribution in [3.63, 3.8) is 0 Å². The summed E-state index contributed by atoms with van der Waals surface area (Å²) < 4.78 is 0. The third-order valence-electron chi connectivity index (χ3n) is 3.84. The average Bonchev–Trinajstić information content (AvgIpc) is 3.11. The number of likely N-dealkylation sites (tertiary alicyclic amines) is 1. The highest BCUT2D eigenvalue weighted by Gasteiger charge is 2.42. The Labute approximate surface area is 92.1 Å². The molecule has 0 aromatic heterocycles. The molecule has 15 heavy (non-hydrogen) atoms. The van der Waals surface area contributed by atoms with Gasteiger partial charge in [0.15, 0.2) is 0 Å². The van der Waals surface area contributed by atoms with Crippen LogP contribution >= 0.6 is 0 Å². The maximum atomic E-state index is 2.71. The van der Waals surface area contributed by atoms with Gasteiger partial charge in [-0.3, -0.25) is 4.90 Å². The van der Waals surface area contributed by atoms with Crippen LogP contribution in [0.25, 0.3) is 0 Å². The molecule has 1 aromatic rings. The molecular formula is C14H19N. The van der Waals surface area contributed by atoms with E-state index in [1.807, 2.05) is 0 Å². The molecule has 1 saturated carbocycles. The summed E-state index contributed by atoms with van der Waals surface area (Å²) in [7, 11) is 0. The summed E-state index contributed by atoms with van der Waals surface area (Å²) in [4.78, 5) is 2.71. The highest BCUT2D eigenvalue weighted by atomic mass is 15.2. The Morgan fingerprint density at radius 2 is 1.67 bits per heavy atom. The van der Waals surface area contributed by atoms with Crippen molar-refractivity contribution >= 4 is 0 Å². The van der Waals surface area contributed by atoms with E-state index in [1.165, 1.54) is 38.8 Å². The first-order valence-corrected chi connectivity index (χ1v) is 6.24. The lowest BCUT2D eigenvalue weighted by Crippen LogP contribution is -2.32. The largest absolute Gasteiger partial charge is 0.300 e. The maximum absolute atomic E-state index is 2.71. The summed E-state index contributed by atoms with van der Waals surface area (Å²) in [5.74, 6) is 0.837. The van der Waals surface area contributed by atoms with Gasteiger partial charge in [0.25, 0.3) is 0 Å². The lowest BCUT2D eigenvalue weighted by atomic mass is 10.1. The average molecular weight is 201 g/mol. The van der Waals surface area contributed by atoms with E-state index in [9.17, 15) is 0 Å². The van der Waals surface area contributed by atoms with Crippen LogP contribution in [0.15, 0.2) is 30.3 Å². The number of benzene rings is 1. The zero-order valence-corrected chi connectivity index (χ0v) is 9.23. The molecule has 0 radical (unpaired) electrons. The number of nitrogens with zero attached hydrogens (tertiary/aromatic N) is 1. The van der Waals surface area contributed by atoms with Gasteiger partial charge in [-0.1, -0.05) is 36.8 Å². The Morgan fingerprint density at radius 3 is 2.40 bits per heavy atom. The summed E-state index contributed by atoms with van der Waals surface area (Å²) in [5.41, 5.74) is 1.55. The maximum Gasteiger partial charge on any atom is 0.0171 e. The van der Waals surface area contributed by atoms with Gasteiger partial charge in [0.05, 0.1) is 0 Å². The van der Waals surface area contributed by atoms with Crippen LogP contribution < -0.4 is 0 Å². The molecule has 2 atom stereocenters. The van der Waals surface area contributed by atoms with Crippen molar-refractivity contribution in [2.24, 2.45) is 0 Å². The molecule has 0 bridgehead atoms. The van der Waals surface area contributed by atoms with E-state index in [0.717, 1.165) is 12.0 Å². The lowest BCUT2D eigenvalue weighted by molar-refractivity contribution is 0.216. The molecule has 2 unspecified atom stereocenters. The van der Waals surface area contributed by atoms with Crippen molar-refractivity contribution < 1.29 is 0 Å². The van der Waals surface area contributed by atoms with Crippen molar-refractivity contribution in [2.45, 2.75) is 37.6 Å². The van der Waals surface area contributed by atoms with Gasteiger partial charge >= 0.3 is 0 Å². The second kappa shape index (κ2) is 3.97. The fraction of sp³-hybridized carbons (Fsp3) is 0.571. The number of piperidine rings is 1. The highest BCUT2D eigenvalue weighted by molar-refractivity contribution is 5.27. The molecule has 0 N–H and O–H groups in total.